The Bertz CT molecular complexity index is 906. The Hall–Kier alpha value is -3.01. The molecule has 1 amide bonds. The summed E-state index contributed by atoms with van der Waals surface area (Å²) in [4.78, 5) is 21.1. The summed E-state index contributed by atoms with van der Waals surface area (Å²) in [5, 5.41) is 3.03. The van der Waals surface area contributed by atoms with E-state index in [1.54, 1.807) is 12.4 Å². The number of fused-ring (bicyclic) bond motifs is 3. The zero-order valence-corrected chi connectivity index (χ0v) is 14.8. The molecule has 2 aromatic carbocycles. The van der Waals surface area contributed by atoms with Gasteiger partial charge < -0.3 is 5.32 Å². The topological polar surface area (TPSA) is 54.9 Å². The summed E-state index contributed by atoms with van der Waals surface area (Å²) < 4.78 is 0. The minimum Gasteiger partial charge on any atom is -0.356 e. The first-order valence-electron chi connectivity index (χ1n) is 8.95. The molecule has 0 radical (unpaired) electrons. The average molecular weight is 343 g/mol. The van der Waals surface area contributed by atoms with E-state index in [0.717, 1.165) is 11.4 Å². The standard InChI is InChI=1S/C22H21N3O/c1-15-13-23-14-16(25-15)10-11-24-22(26)12-21-19-8-4-2-6-17(19)18-7-3-5-9-20(18)21/h2-9,13-14,21H,10-12H2,1H3,(H,24,26). The number of benzene rings is 2. The predicted molar refractivity (Wildman–Crippen MR) is 102 cm³/mol. The van der Waals surface area contributed by atoms with E-state index in [1.807, 2.05) is 19.1 Å². The molecule has 130 valence electrons. The van der Waals surface area contributed by atoms with Crippen molar-refractivity contribution < 1.29 is 4.79 Å². The van der Waals surface area contributed by atoms with Gasteiger partial charge in [-0.05, 0) is 29.2 Å². The zero-order chi connectivity index (χ0) is 17.9. The van der Waals surface area contributed by atoms with Gasteiger partial charge in [-0.2, -0.15) is 0 Å². The Kier molecular flexibility index (Phi) is 4.48. The summed E-state index contributed by atoms with van der Waals surface area (Å²) in [5.74, 6) is 0.197. The molecule has 4 heteroatoms. The number of nitrogens with zero attached hydrogens (tertiary/aromatic N) is 2. The number of hydrogen-bond acceptors (Lipinski definition) is 3. The van der Waals surface area contributed by atoms with Gasteiger partial charge in [0.2, 0.25) is 5.91 Å². The molecular formula is C22H21N3O. The fourth-order valence-electron chi connectivity index (χ4n) is 3.70. The van der Waals surface area contributed by atoms with Crippen molar-refractivity contribution in [3.63, 3.8) is 0 Å². The minimum atomic E-state index is 0.0714. The van der Waals surface area contributed by atoms with Gasteiger partial charge in [0.05, 0.1) is 11.4 Å². The highest BCUT2D eigenvalue weighted by molar-refractivity contribution is 5.84. The molecule has 0 saturated carbocycles. The first-order valence-corrected chi connectivity index (χ1v) is 8.95. The number of aryl methyl sites for hydroxylation is 1. The molecule has 1 heterocycles. The Morgan fingerprint density at radius 3 is 2.31 bits per heavy atom. The second kappa shape index (κ2) is 7.08. The maximum absolute atomic E-state index is 12.5. The summed E-state index contributed by atoms with van der Waals surface area (Å²) in [6, 6.07) is 16.8. The van der Waals surface area contributed by atoms with Crippen molar-refractivity contribution in [3.8, 4) is 11.1 Å². The molecular weight excluding hydrogens is 322 g/mol. The van der Waals surface area contributed by atoms with Gasteiger partial charge in [0, 0.05) is 37.7 Å². The molecule has 1 N–H and O–H groups in total. The lowest BCUT2D eigenvalue weighted by molar-refractivity contribution is -0.121. The molecule has 0 spiro atoms. The van der Waals surface area contributed by atoms with Crippen molar-refractivity contribution in [1.82, 2.24) is 15.3 Å². The molecule has 0 saturated heterocycles. The molecule has 4 nitrogen and oxygen atoms in total. The van der Waals surface area contributed by atoms with Crippen molar-refractivity contribution >= 4 is 5.91 Å². The van der Waals surface area contributed by atoms with Crippen molar-refractivity contribution in [2.75, 3.05) is 6.54 Å². The molecule has 3 aromatic rings. The molecule has 1 aliphatic carbocycles. The number of amides is 1. The van der Waals surface area contributed by atoms with Crippen molar-refractivity contribution in [1.29, 1.82) is 0 Å². The monoisotopic (exact) mass is 343 g/mol. The number of carbonyl (C=O) groups excluding carboxylic acids is 1. The van der Waals surface area contributed by atoms with Crippen LogP contribution in [-0.2, 0) is 11.2 Å². The second-order valence-electron chi connectivity index (χ2n) is 6.68. The second-order valence-corrected chi connectivity index (χ2v) is 6.68. The summed E-state index contributed by atoms with van der Waals surface area (Å²) in [6.45, 7) is 2.50. The van der Waals surface area contributed by atoms with E-state index in [0.29, 0.717) is 19.4 Å². The van der Waals surface area contributed by atoms with E-state index >= 15 is 0 Å². The van der Waals surface area contributed by atoms with Crippen LogP contribution in [0.15, 0.2) is 60.9 Å². The Morgan fingerprint density at radius 1 is 1.00 bits per heavy atom. The van der Waals surface area contributed by atoms with Gasteiger partial charge in [-0.25, -0.2) is 0 Å². The number of nitrogens with one attached hydrogen (secondary N) is 1. The van der Waals surface area contributed by atoms with E-state index in [4.69, 9.17) is 0 Å². The quantitative estimate of drug-likeness (QED) is 0.769. The first kappa shape index (κ1) is 16.5. The van der Waals surface area contributed by atoms with Crippen molar-refractivity contribution in [2.24, 2.45) is 0 Å². The molecule has 0 atom stereocenters. The van der Waals surface area contributed by atoms with Crippen LogP contribution in [0, 0.1) is 6.92 Å². The summed E-state index contributed by atoms with van der Waals surface area (Å²) in [7, 11) is 0. The van der Waals surface area contributed by atoms with Gasteiger partial charge in [0.1, 0.15) is 0 Å². The first-order chi connectivity index (χ1) is 12.7. The SMILES string of the molecule is Cc1cncc(CCNC(=O)CC2c3ccccc3-c3ccccc32)n1. The molecule has 0 fully saturated rings. The van der Waals surface area contributed by atoms with Crippen LogP contribution in [0.1, 0.15) is 34.9 Å². The van der Waals surface area contributed by atoms with Crippen LogP contribution in [0.5, 0.6) is 0 Å². The van der Waals surface area contributed by atoms with Crippen molar-refractivity contribution in [2.45, 2.75) is 25.7 Å². The maximum Gasteiger partial charge on any atom is 0.220 e. The smallest absolute Gasteiger partial charge is 0.220 e. The Labute approximate surface area is 153 Å². The zero-order valence-electron chi connectivity index (χ0n) is 14.8. The van der Waals surface area contributed by atoms with Gasteiger partial charge in [-0.1, -0.05) is 48.5 Å². The number of carbonyl (C=O) groups is 1. The van der Waals surface area contributed by atoms with E-state index in [9.17, 15) is 4.79 Å². The summed E-state index contributed by atoms with van der Waals surface area (Å²) in [5.41, 5.74) is 6.78. The average Bonchev–Trinajstić information content (AvgIpc) is 2.96. The number of aromatic nitrogens is 2. The molecule has 26 heavy (non-hydrogen) atoms. The van der Waals surface area contributed by atoms with E-state index < -0.39 is 0 Å². The van der Waals surface area contributed by atoms with Crippen LogP contribution < -0.4 is 5.32 Å². The maximum atomic E-state index is 12.5. The summed E-state index contributed by atoms with van der Waals surface area (Å²) in [6.07, 6.45) is 4.64. The fraction of sp³-hybridized carbons (Fsp3) is 0.227. The highest BCUT2D eigenvalue weighted by Gasteiger charge is 2.29. The minimum absolute atomic E-state index is 0.0714. The lowest BCUT2D eigenvalue weighted by Crippen LogP contribution is -2.27. The third-order valence-electron chi connectivity index (χ3n) is 4.86. The van der Waals surface area contributed by atoms with Crippen LogP contribution >= 0.6 is 0 Å². The van der Waals surface area contributed by atoms with E-state index in [2.05, 4.69) is 51.7 Å². The van der Waals surface area contributed by atoms with Gasteiger partial charge in [-0.15, -0.1) is 0 Å². The normalized spacial score (nSPS) is 12.5. The van der Waals surface area contributed by atoms with E-state index in [1.165, 1.54) is 22.3 Å². The van der Waals surface area contributed by atoms with Crippen LogP contribution in [-0.4, -0.2) is 22.4 Å². The van der Waals surface area contributed by atoms with Crippen molar-refractivity contribution in [3.05, 3.63) is 83.4 Å². The van der Waals surface area contributed by atoms with Gasteiger partial charge >= 0.3 is 0 Å². The molecule has 4 rings (SSSR count). The van der Waals surface area contributed by atoms with Crippen LogP contribution in [0.4, 0.5) is 0 Å². The van der Waals surface area contributed by atoms with Crippen LogP contribution in [0.2, 0.25) is 0 Å². The predicted octanol–water partition coefficient (Wildman–Crippen LogP) is 3.65. The number of rotatable bonds is 5. The summed E-state index contributed by atoms with van der Waals surface area (Å²) >= 11 is 0. The lowest BCUT2D eigenvalue weighted by atomic mass is 9.93. The van der Waals surface area contributed by atoms with Crippen LogP contribution in [0.3, 0.4) is 0 Å². The lowest BCUT2D eigenvalue weighted by Gasteiger charge is -2.13. The molecule has 0 aliphatic heterocycles. The van der Waals surface area contributed by atoms with Gasteiger partial charge in [0.15, 0.2) is 0 Å². The van der Waals surface area contributed by atoms with Gasteiger partial charge in [0.25, 0.3) is 0 Å². The molecule has 0 bridgehead atoms. The Balaban J connectivity index is 1.43. The van der Waals surface area contributed by atoms with Gasteiger partial charge in [-0.3, -0.25) is 14.8 Å². The largest absolute Gasteiger partial charge is 0.356 e. The molecule has 1 aliphatic rings. The Morgan fingerprint density at radius 2 is 1.65 bits per heavy atom. The fourth-order valence-corrected chi connectivity index (χ4v) is 3.70. The van der Waals surface area contributed by atoms with E-state index in [-0.39, 0.29) is 11.8 Å². The van der Waals surface area contributed by atoms with Crippen LogP contribution in [0.25, 0.3) is 11.1 Å². The highest BCUT2D eigenvalue weighted by atomic mass is 16.1. The number of hydrogen-bond donors (Lipinski definition) is 1. The third-order valence-corrected chi connectivity index (χ3v) is 4.86. The highest BCUT2D eigenvalue weighted by Crippen LogP contribution is 2.45. The molecule has 1 aromatic heterocycles. The third kappa shape index (κ3) is 3.23. The molecule has 0 unspecified atom stereocenters.